The van der Waals surface area contributed by atoms with Crippen molar-refractivity contribution >= 4 is 7.72 Å². The quantitative estimate of drug-likeness (QED) is 0.340. The molecule has 2 atom stereocenters. The molecular weight excluding hydrogens is 337 g/mol. The highest BCUT2D eigenvalue weighted by molar-refractivity contribution is 7.65. The monoisotopic (exact) mass is 365 g/mol. The molecule has 0 aromatic heterocycles. The molecule has 0 fully saturated rings. The molecule has 0 saturated carbocycles. The molecular formula is C19H28NO4P+2. The number of aryl methyl sites for hydroxylation is 1. The van der Waals surface area contributed by atoms with E-state index in [9.17, 15) is 20.0 Å². The third-order valence-corrected chi connectivity index (χ3v) is 6.89. The molecule has 0 radical (unpaired) electrons. The lowest BCUT2D eigenvalue weighted by molar-refractivity contribution is -0.394. The fraction of sp³-hybridized carbons (Fsp3) is 0.368. The van der Waals surface area contributed by atoms with Crippen LogP contribution in [0.2, 0.25) is 0 Å². The van der Waals surface area contributed by atoms with Crippen LogP contribution in [0.5, 0.6) is 0 Å². The summed E-state index contributed by atoms with van der Waals surface area (Å²) in [6.07, 6.45) is 0.00275. The number of rotatable bonds is 9. The summed E-state index contributed by atoms with van der Waals surface area (Å²) < 4.78 is 0. The van der Waals surface area contributed by atoms with Gasteiger partial charge in [0.2, 0.25) is 5.78 Å². The Morgan fingerprint density at radius 3 is 1.88 bits per heavy atom. The second-order valence-electron chi connectivity index (χ2n) is 6.51. The van der Waals surface area contributed by atoms with E-state index in [1.807, 2.05) is 60.7 Å². The van der Waals surface area contributed by atoms with Crippen molar-refractivity contribution < 1.29 is 25.7 Å². The van der Waals surface area contributed by atoms with Crippen LogP contribution in [0.1, 0.15) is 17.5 Å². The lowest BCUT2D eigenvalue weighted by Gasteiger charge is -2.23. The molecule has 7 N–H and O–H groups in total. The maximum Gasteiger partial charge on any atom is 0.327 e. The molecule has 6 heteroatoms. The first-order valence-electron chi connectivity index (χ1n) is 8.49. The van der Waals surface area contributed by atoms with Crippen molar-refractivity contribution in [1.29, 1.82) is 0 Å². The molecule has 0 saturated heterocycles. The fourth-order valence-corrected chi connectivity index (χ4v) is 4.71. The van der Waals surface area contributed by atoms with E-state index in [0.717, 1.165) is 11.1 Å². The summed E-state index contributed by atoms with van der Waals surface area (Å²) in [6.45, 7) is 0. The molecule has 0 spiro atoms. The summed E-state index contributed by atoms with van der Waals surface area (Å²) in [6, 6.07) is 19.3. The first-order chi connectivity index (χ1) is 11.9. The van der Waals surface area contributed by atoms with E-state index in [4.69, 9.17) is 0 Å². The Morgan fingerprint density at radius 1 is 0.840 bits per heavy atom. The van der Waals surface area contributed by atoms with Crippen molar-refractivity contribution in [3.63, 3.8) is 0 Å². The van der Waals surface area contributed by atoms with Crippen LogP contribution in [0.15, 0.2) is 60.7 Å². The predicted octanol–water partition coefficient (Wildman–Crippen LogP) is 1.19. The number of benzene rings is 2. The predicted molar refractivity (Wildman–Crippen MR) is 99.5 cm³/mol. The van der Waals surface area contributed by atoms with Gasteiger partial charge < -0.3 is 15.9 Å². The Balaban J connectivity index is 1.95. The molecule has 0 heterocycles. The number of quaternary nitrogens is 1. The van der Waals surface area contributed by atoms with Crippen LogP contribution in [0.3, 0.4) is 0 Å². The number of aliphatic hydroxyl groups excluding tert-OH is 1. The van der Waals surface area contributed by atoms with Gasteiger partial charge in [-0.15, -0.1) is 0 Å². The Bertz CT molecular complexity index is 622. The van der Waals surface area contributed by atoms with E-state index >= 15 is 0 Å². The van der Waals surface area contributed by atoms with Gasteiger partial charge in [0, 0.05) is 6.42 Å². The molecule has 5 nitrogen and oxygen atoms in total. The van der Waals surface area contributed by atoms with Crippen LogP contribution in [-0.2, 0) is 12.8 Å². The third-order valence-electron chi connectivity index (χ3n) is 4.46. The van der Waals surface area contributed by atoms with Gasteiger partial charge in [0.25, 0.3) is 0 Å². The minimum Gasteiger partial charge on any atom is -0.368 e. The summed E-state index contributed by atoms with van der Waals surface area (Å²) in [4.78, 5) is 21.1. The van der Waals surface area contributed by atoms with Gasteiger partial charge in [-0.05, 0) is 24.0 Å². The van der Waals surface area contributed by atoms with Crippen molar-refractivity contribution in [2.24, 2.45) is 5.92 Å². The molecule has 2 rings (SSSR count). The second kappa shape index (κ2) is 9.39. The number of hydrogen-bond acceptors (Lipinski definition) is 4. The van der Waals surface area contributed by atoms with E-state index in [1.54, 1.807) is 0 Å². The smallest absolute Gasteiger partial charge is 0.327 e. The molecule has 2 aromatic carbocycles. The van der Waals surface area contributed by atoms with Gasteiger partial charge in [0.05, 0.1) is 5.92 Å². The molecule has 0 amide bonds. The molecule has 0 aliphatic carbocycles. The Labute approximate surface area is 149 Å². The minimum absolute atomic E-state index is 0.0392. The molecule has 0 aliphatic heterocycles. The summed E-state index contributed by atoms with van der Waals surface area (Å²) in [5.41, 5.74) is 5.99. The average Bonchev–Trinajstić information content (AvgIpc) is 2.60. The first-order valence-corrected chi connectivity index (χ1v) is 10.4. The van der Waals surface area contributed by atoms with E-state index in [-0.39, 0.29) is 6.16 Å². The van der Waals surface area contributed by atoms with Gasteiger partial charge in [-0.1, -0.05) is 60.7 Å². The van der Waals surface area contributed by atoms with Crippen molar-refractivity contribution in [2.75, 3.05) is 6.16 Å². The second-order valence-corrected chi connectivity index (χ2v) is 9.18. The first kappa shape index (κ1) is 20.0. The average molecular weight is 365 g/mol. The topological polar surface area (TPSA) is 109 Å². The highest BCUT2D eigenvalue weighted by atomic mass is 31.2. The van der Waals surface area contributed by atoms with Crippen LogP contribution in [-0.4, -0.2) is 38.2 Å². The van der Waals surface area contributed by atoms with Gasteiger partial charge >= 0.3 is 7.72 Å². The van der Waals surface area contributed by atoms with Crippen molar-refractivity contribution in [1.82, 2.24) is 0 Å². The van der Waals surface area contributed by atoms with Crippen LogP contribution in [0.4, 0.5) is 0 Å². The SMILES string of the molecule is [NH3+][C@@H](CCc1ccccc1)[P+](O)(O)C[C@@H](Cc1ccccc1)C(O)O. The van der Waals surface area contributed by atoms with E-state index in [2.05, 4.69) is 5.73 Å². The van der Waals surface area contributed by atoms with Crippen molar-refractivity contribution in [2.45, 2.75) is 31.3 Å². The zero-order valence-electron chi connectivity index (χ0n) is 14.3. The molecule has 25 heavy (non-hydrogen) atoms. The van der Waals surface area contributed by atoms with Crippen LogP contribution >= 0.6 is 7.72 Å². The van der Waals surface area contributed by atoms with Crippen molar-refractivity contribution in [3.8, 4) is 0 Å². The number of aliphatic hydroxyl groups is 2. The molecule has 136 valence electrons. The van der Waals surface area contributed by atoms with Gasteiger partial charge in [-0.2, -0.15) is 0 Å². The third kappa shape index (κ3) is 6.48. The zero-order chi connectivity index (χ0) is 18.3. The van der Waals surface area contributed by atoms with Gasteiger partial charge in [-0.25, -0.2) is 9.79 Å². The fourth-order valence-electron chi connectivity index (χ4n) is 2.86. The highest BCUT2D eigenvalue weighted by Crippen LogP contribution is 2.55. The summed E-state index contributed by atoms with van der Waals surface area (Å²) >= 11 is 0. The largest absolute Gasteiger partial charge is 0.368 e. The Morgan fingerprint density at radius 2 is 1.36 bits per heavy atom. The van der Waals surface area contributed by atoms with Crippen LogP contribution in [0, 0.1) is 5.92 Å². The van der Waals surface area contributed by atoms with Crippen LogP contribution in [0.25, 0.3) is 0 Å². The maximum absolute atomic E-state index is 10.5. The normalized spacial score (nSPS) is 14.5. The minimum atomic E-state index is -3.35. The molecule has 2 aromatic rings. The van der Waals surface area contributed by atoms with Crippen LogP contribution < -0.4 is 5.73 Å². The lowest BCUT2D eigenvalue weighted by Crippen LogP contribution is -2.62. The molecule has 0 bridgehead atoms. The summed E-state index contributed by atoms with van der Waals surface area (Å²) in [5.74, 6) is -1.16. The Kier molecular flexibility index (Phi) is 7.51. The van der Waals surface area contributed by atoms with E-state index in [0.29, 0.717) is 19.3 Å². The molecule has 0 unspecified atom stereocenters. The maximum atomic E-state index is 10.5. The summed E-state index contributed by atoms with van der Waals surface area (Å²) in [7, 11) is -3.35. The summed E-state index contributed by atoms with van der Waals surface area (Å²) in [5, 5.41) is 19.3. The van der Waals surface area contributed by atoms with Crippen molar-refractivity contribution in [3.05, 3.63) is 71.8 Å². The standard InChI is InChI=1S/C19H27NO4P/c20-18(12-11-15-7-3-1-4-8-15)25(23,24)14-17(19(21)22)13-16-9-5-2-6-10-16/h1-10,17-19,21-24H,11-14,20H2/q+1/p+1/t17-,18-/m1/s1. The highest BCUT2D eigenvalue weighted by Gasteiger charge is 2.47. The number of hydrogen-bond donors (Lipinski definition) is 5. The zero-order valence-corrected chi connectivity index (χ0v) is 15.2. The van der Waals surface area contributed by atoms with Gasteiger partial charge in [0.1, 0.15) is 6.16 Å². The lowest BCUT2D eigenvalue weighted by atomic mass is 10.0. The van der Waals surface area contributed by atoms with Gasteiger partial charge in [0.15, 0.2) is 6.29 Å². The molecule has 0 aliphatic rings. The Hall–Kier alpha value is -1.33. The van der Waals surface area contributed by atoms with E-state index in [1.165, 1.54) is 0 Å². The van der Waals surface area contributed by atoms with Gasteiger partial charge in [-0.3, -0.25) is 0 Å². The van der Waals surface area contributed by atoms with E-state index < -0.39 is 25.7 Å².